The number of nitro groups is 1. The van der Waals surface area contributed by atoms with Crippen LogP contribution in [0.25, 0.3) is 0 Å². The fraction of sp³-hybridized carbons (Fsp3) is 0.611. The first-order chi connectivity index (χ1) is 11.1. The summed E-state index contributed by atoms with van der Waals surface area (Å²) >= 11 is 0. The first-order valence-electron chi connectivity index (χ1n) is 8.56. The third kappa shape index (κ3) is 8.33. The Hall–Kier alpha value is -1.91. The molecule has 0 aliphatic carbocycles. The van der Waals surface area contributed by atoms with Crippen LogP contribution in [0.5, 0.6) is 0 Å². The Balaban J connectivity index is 2.07. The smallest absolute Gasteiger partial charge is 0.338 e. The second kappa shape index (κ2) is 11.6. The number of hydrogen-bond donors (Lipinski definition) is 0. The van der Waals surface area contributed by atoms with Crippen LogP contribution in [0.3, 0.4) is 0 Å². The molecule has 0 heterocycles. The predicted molar refractivity (Wildman–Crippen MR) is 90.6 cm³/mol. The van der Waals surface area contributed by atoms with Gasteiger partial charge in [0, 0.05) is 12.1 Å². The lowest BCUT2D eigenvalue weighted by molar-refractivity contribution is -0.384. The van der Waals surface area contributed by atoms with Crippen molar-refractivity contribution >= 4 is 11.7 Å². The van der Waals surface area contributed by atoms with E-state index in [9.17, 15) is 14.9 Å². The van der Waals surface area contributed by atoms with Crippen LogP contribution in [0.1, 0.15) is 75.1 Å². The summed E-state index contributed by atoms with van der Waals surface area (Å²) in [7, 11) is 0. The van der Waals surface area contributed by atoms with Gasteiger partial charge in [0.15, 0.2) is 0 Å². The van der Waals surface area contributed by atoms with Gasteiger partial charge in [0.05, 0.1) is 17.1 Å². The van der Waals surface area contributed by atoms with Crippen molar-refractivity contribution in [1.29, 1.82) is 0 Å². The number of ether oxygens (including phenoxy) is 1. The molecule has 0 saturated carbocycles. The van der Waals surface area contributed by atoms with Crippen LogP contribution < -0.4 is 0 Å². The lowest BCUT2D eigenvalue weighted by Gasteiger charge is -2.05. The second-order valence-corrected chi connectivity index (χ2v) is 5.77. The highest BCUT2D eigenvalue weighted by Crippen LogP contribution is 2.13. The number of nitrogens with zero attached hydrogens (tertiary/aromatic N) is 1. The van der Waals surface area contributed by atoms with Gasteiger partial charge in [-0.3, -0.25) is 10.1 Å². The number of nitro benzene ring substituents is 1. The maximum absolute atomic E-state index is 11.8. The van der Waals surface area contributed by atoms with Crippen molar-refractivity contribution < 1.29 is 14.5 Å². The van der Waals surface area contributed by atoms with Crippen molar-refractivity contribution in [2.75, 3.05) is 6.61 Å². The first kappa shape index (κ1) is 19.1. The van der Waals surface area contributed by atoms with E-state index in [2.05, 4.69) is 6.92 Å². The Bertz CT molecular complexity index is 470. The van der Waals surface area contributed by atoms with Crippen molar-refractivity contribution in [1.82, 2.24) is 0 Å². The SMILES string of the molecule is CCCCCCCCCCCOC(=O)c1ccc([N+](=O)[O-])cc1. The number of carbonyl (C=O) groups is 1. The fourth-order valence-corrected chi connectivity index (χ4v) is 2.38. The topological polar surface area (TPSA) is 69.4 Å². The van der Waals surface area contributed by atoms with Crippen LogP contribution >= 0.6 is 0 Å². The Labute approximate surface area is 138 Å². The van der Waals surface area contributed by atoms with E-state index in [1.165, 1.54) is 69.2 Å². The average molecular weight is 321 g/mol. The van der Waals surface area contributed by atoms with Gasteiger partial charge in [-0.2, -0.15) is 0 Å². The van der Waals surface area contributed by atoms with Gasteiger partial charge >= 0.3 is 5.97 Å². The first-order valence-corrected chi connectivity index (χ1v) is 8.56. The van der Waals surface area contributed by atoms with Crippen LogP contribution in [0.15, 0.2) is 24.3 Å². The van der Waals surface area contributed by atoms with Crippen LogP contribution in [0, 0.1) is 10.1 Å². The molecule has 128 valence electrons. The highest BCUT2D eigenvalue weighted by Gasteiger charge is 2.10. The zero-order chi connectivity index (χ0) is 16.9. The Morgan fingerprint density at radius 3 is 2.00 bits per heavy atom. The fourth-order valence-electron chi connectivity index (χ4n) is 2.38. The number of benzene rings is 1. The van der Waals surface area contributed by atoms with Crippen molar-refractivity contribution in [2.24, 2.45) is 0 Å². The highest BCUT2D eigenvalue weighted by molar-refractivity contribution is 5.89. The lowest BCUT2D eigenvalue weighted by Crippen LogP contribution is -2.06. The summed E-state index contributed by atoms with van der Waals surface area (Å²) < 4.78 is 5.18. The summed E-state index contributed by atoms with van der Waals surface area (Å²) in [6.45, 7) is 2.63. The minimum absolute atomic E-state index is 0.0273. The summed E-state index contributed by atoms with van der Waals surface area (Å²) in [6, 6.07) is 5.48. The molecule has 5 nitrogen and oxygen atoms in total. The van der Waals surface area contributed by atoms with E-state index < -0.39 is 10.9 Å². The molecule has 0 spiro atoms. The molecule has 0 aromatic heterocycles. The molecule has 0 N–H and O–H groups in total. The molecule has 1 rings (SSSR count). The molecule has 0 atom stereocenters. The third-order valence-electron chi connectivity index (χ3n) is 3.79. The summed E-state index contributed by atoms with van der Waals surface area (Å²) in [5.41, 5.74) is 0.326. The normalized spacial score (nSPS) is 10.5. The summed E-state index contributed by atoms with van der Waals surface area (Å²) in [5.74, 6) is -0.417. The molecule has 0 saturated heterocycles. The minimum Gasteiger partial charge on any atom is -0.462 e. The number of carbonyl (C=O) groups excluding carboxylic acids is 1. The largest absolute Gasteiger partial charge is 0.462 e. The standard InChI is InChI=1S/C18H27NO4/c1-2-3-4-5-6-7-8-9-10-15-23-18(20)16-11-13-17(14-12-16)19(21)22/h11-14H,2-10,15H2,1H3. The Kier molecular flexibility index (Phi) is 9.68. The van der Waals surface area contributed by atoms with Crippen molar-refractivity contribution in [3.05, 3.63) is 39.9 Å². The molecule has 0 aliphatic heterocycles. The average Bonchev–Trinajstić information content (AvgIpc) is 2.56. The Morgan fingerprint density at radius 2 is 1.48 bits per heavy atom. The van der Waals surface area contributed by atoms with Crippen LogP contribution in [0.2, 0.25) is 0 Å². The van der Waals surface area contributed by atoms with E-state index >= 15 is 0 Å². The van der Waals surface area contributed by atoms with E-state index in [1.54, 1.807) is 0 Å². The van der Waals surface area contributed by atoms with E-state index in [0.29, 0.717) is 12.2 Å². The molecule has 5 heteroatoms. The van der Waals surface area contributed by atoms with E-state index in [4.69, 9.17) is 4.74 Å². The molecule has 0 aliphatic rings. The monoisotopic (exact) mass is 321 g/mol. The molecule has 0 radical (unpaired) electrons. The Morgan fingerprint density at radius 1 is 0.957 bits per heavy atom. The maximum atomic E-state index is 11.8. The number of unbranched alkanes of at least 4 members (excludes halogenated alkanes) is 8. The molecule has 0 fully saturated rings. The van der Waals surface area contributed by atoms with E-state index in [1.807, 2.05) is 0 Å². The van der Waals surface area contributed by atoms with Crippen LogP contribution in [-0.2, 0) is 4.74 Å². The van der Waals surface area contributed by atoms with Crippen molar-refractivity contribution in [3.8, 4) is 0 Å². The maximum Gasteiger partial charge on any atom is 0.338 e. The molecule has 23 heavy (non-hydrogen) atoms. The summed E-state index contributed by atoms with van der Waals surface area (Å²) in [5, 5.41) is 10.5. The van der Waals surface area contributed by atoms with Gasteiger partial charge in [-0.1, -0.05) is 58.3 Å². The van der Waals surface area contributed by atoms with Gasteiger partial charge < -0.3 is 4.74 Å². The molecule has 1 aromatic carbocycles. The van der Waals surface area contributed by atoms with E-state index in [-0.39, 0.29) is 5.69 Å². The summed E-state index contributed by atoms with van der Waals surface area (Å²) in [4.78, 5) is 21.8. The third-order valence-corrected chi connectivity index (χ3v) is 3.79. The number of esters is 1. The molecule has 0 bridgehead atoms. The zero-order valence-electron chi connectivity index (χ0n) is 14.0. The molecular formula is C18H27NO4. The molecule has 0 unspecified atom stereocenters. The van der Waals surface area contributed by atoms with Crippen molar-refractivity contribution in [3.63, 3.8) is 0 Å². The zero-order valence-corrected chi connectivity index (χ0v) is 14.0. The highest BCUT2D eigenvalue weighted by atomic mass is 16.6. The number of non-ortho nitro benzene ring substituents is 1. The number of rotatable bonds is 12. The van der Waals surface area contributed by atoms with E-state index in [0.717, 1.165) is 12.8 Å². The number of hydrogen-bond acceptors (Lipinski definition) is 4. The van der Waals surface area contributed by atoms with Gasteiger partial charge in [0.1, 0.15) is 0 Å². The van der Waals surface area contributed by atoms with Gasteiger partial charge in [0.2, 0.25) is 0 Å². The summed E-state index contributed by atoms with van der Waals surface area (Å²) in [6.07, 6.45) is 10.9. The predicted octanol–water partition coefficient (Wildman–Crippen LogP) is 5.28. The van der Waals surface area contributed by atoms with Gasteiger partial charge in [-0.15, -0.1) is 0 Å². The van der Waals surface area contributed by atoms with Gasteiger partial charge in [-0.25, -0.2) is 4.79 Å². The second-order valence-electron chi connectivity index (χ2n) is 5.77. The lowest BCUT2D eigenvalue weighted by atomic mass is 10.1. The molecule has 0 amide bonds. The molecular weight excluding hydrogens is 294 g/mol. The molecule has 1 aromatic rings. The quantitative estimate of drug-likeness (QED) is 0.227. The van der Waals surface area contributed by atoms with Gasteiger partial charge in [0.25, 0.3) is 5.69 Å². The minimum atomic E-state index is -0.489. The van der Waals surface area contributed by atoms with Crippen molar-refractivity contribution in [2.45, 2.75) is 64.7 Å². The van der Waals surface area contributed by atoms with Crippen LogP contribution in [0.4, 0.5) is 5.69 Å². The van der Waals surface area contributed by atoms with Gasteiger partial charge in [-0.05, 0) is 18.6 Å². The van der Waals surface area contributed by atoms with Crippen LogP contribution in [-0.4, -0.2) is 17.5 Å².